The third kappa shape index (κ3) is 6.37. The Labute approximate surface area is 255 Å². The molecular weight excluding hydrogens is 540 g/mol. The largest absolute Gasteiger partial charge is 0.495 e. The predicted molar refractivity (Wildman–Crippen MR) is 174 cm³/mol. The van der Waals surface area contributed by atoms with Gasteiger partial charge in [0.15, 0.2) is 5.82 Å². The normalized spacial score (nSPS) is 22.6. The number of hydrogen-bond acceptors (Lipinski definition) is 10. The second-order valence-corrected chi connectivity index (χ2v) is 12.4. The summed E-state index contributed by atoms with van der Waals surface area (Å²) in [7, 11) is 5.86. The molecule has 0 bridgehead atoms. The summed E-state index contributed by atoms with van der Waals surface area (Å²) in [6.45, 7) is 8.87. The monoisotopic (exact) mass is 588 g/mol. The van der Waals surface area contributed by atoms with E-state index in [0.29, 0.717) is 6.04 Å². The molecule has 0 spiro atoms. The summed E-state index contributed by atoms with van der Waals surface area (Å²) in [5.41, 5.74) is 5.62. The molecule has 43 heavy (non-hydrogen) atoms. The third-order valence-corrected chi connectivity index (χ3v) is 9.73. The molecule has 1 aliphatic carbocycles. The van der Waals surface area contributed by atoms with E-state index in [1.54, 1.807) is 7.11 Å². The highest BCUT2D eigenvalue weighted by Gasteiger charge is 2.28. The second-order valence-electron chi connectivity index (χ2n) is 12.4. The molecule has 1 saturated carbocycles. The maximum absolute atomic E-state index is 9.99. The van der Waals surface area contributed by atoms with E-state index >= 15 is 0 Å². The highest BCUT2D eigenvalue weighted by atomic mass is 16.5. The number of rotatable bonds is 8. The molecule has 3 fully saturated rings. The molecule has 1 aromatic carbocycles. The first-order valence-electron chi connectivity index (χ1n) is 16.1. The number of nitrogens with one attached hydrogen (secondary N) is 2. The molecule has 3 aliphatic rings. The Morgan fingerprint density at radius 1 is 0.930 bits per heavy atom. The van der Waals surface area contributed by atoms with E-state index in [9.17, 15) is 5.11 Å². The van der Waals surface area contributed by atoms with Crippen molar-refractivity contribution in [3.8, 4) is 16.9 Å². The molecule has 3 aromatic rings. The Bertz CT molecular complexity index is 1390. The zero-order chi connectivity index (χ0) is 29.9. The number of aromatic nitrogens is 3. The van der Waals surface area contributed by atoms with Gasteiger partial charge in [-0.05, 0) is 69.7 Å². The first-order chi connectivity index (χ1) is 21.0. The van der Waals surface area contributed by atoms with Crippen LogP contribution in [0, 0.1) is 0 Å². The van der Waals surface area contributed by atoms with Gasteiger partial charge in [-0.1, -0.05) is 13.0 Å². The minimum absolute atomic E-state index is 0.191. The fourth-order valence-electron chi connectivity index (χ4n) is 7.01. The summed E-state index contributed by atoms with van der Waals surface area (Å²) in [6, 6.07) is 7.45. The molecule has 0 atom stereocenters. The number of piperazine rings is 1. The topological polar surface area (TPSA) is 102 Å². The maximum atomic E-state index is 9.99. The molecule has 2 saturated heterocycles. The Hall–Kier alpha value is -3.21. The Morgan fingerprint density at radius 2 is 1.67 bits per heavy atom. The van der Waals surface area contributed by atoms with E-state index in [1.165, 1.54) is 39.0 Å². The molecule has 6 rings (SSSR count). The summed E-state index contributed by atoms with van der Waals surface area (Å²) < 4.78 is 5.98. The number of benzene rings is 1. The second kappa shape index (κ2) is 13.2. The predicted octanol–water partition coefficient (Wildman–Crippen LogP) is 4.24. The number of aliphatic hydroxyl groups is 1. The minimum atomic E-state index is -0.191. The molecular formula is C33H48N8O2. The van der Waals surface area contributed by atoms with Crippen LogP contribution >= 0.6 is 0 Å². The van der Waals surface area contributed by atoms with Gasteiger partial charge in [0.1, 0.15) is 22.6 Å². The smallest absolute Gasteiger partial charge is 0.153 e. The highest BCUT2D eigenvalue weighted by Crippen LogP contribution is 2.38. The number of hydrogen-bond donors (Lipinski definition) is 3. The fourth-order valence-corrected chi connectivity index (χ4v) is 7.01. The van der Waals surface area contributed by atoms with E-state index in [1.807, 2.05) is 13.2 Å². The van der Waals surface area contributed by atoms with Crippen molar-refractivity contribution < 1.29 is 9.84 Å². The average Bonchev–Trinajstić information content (AvgIpc) is 3.05. The number of fused-ring (bicyclic) bond motifs is 1. The lowest BCUT2D eigenvalue weighted by Crippen LogP contribution is -2.52. The van der Waals surface area contributed by atoms with E-state index < -0.39 is 0 Å². The zero-order valence-electron chi connectivity index (χ0n) is 26.3. The Kier molecular flexibility index (Phi) is 9.16. The molecule has 0 amide bonds. The van der Waals surface area contributed by atoms with Crippen LogP contribution in [0.5, 0.6) is 5.75 Å². The number of piperidine rings is 1. The number of anilines is 3. The van der Waals surface area contributed by atoms with Crippen molar-refractivity contribution in [3.63, 3.8) is 0 Å². The van der Waals surface area contributed by atoms with Crippen molar-refractivity contribution >= 4 is 28.4 Å². The lowest BCUT2D eigenvalue weighted by Gasteiger charge is -2.42. The van der Waals surface area contributed by atoms with Gasteiger partial charge >= 0.3 is 0 Å². The molecule has 10 nitrogen and oxygen atoms in total. The van der Waals surface area contributed by atoms with Gasteiger partial charge in [-0.25, -0.2) is 15.0 Å². The number of pyridine rings is 1. The molecule has 10 heteroatoms. The molecule has 2 aromatic heterocycles. The van der Waals surface area contributed by atoms with Crippen molar-refractivity contribution in [1.82, 2.24) is 24.8 Å². The van der Waals surface area contributed by atoms with Gasteiger partial charge in [0, 0.05) is 70.2 Å². The summed E-state index contributed by atoms with van der Waals surface area (Å²) >= 11 is 0. The van der Waals surface area contributed by atoms with Crippen LogP contribution in [0.4, 0.5) is 17.3 Å². The van der Waals surface area contributed by atoms with Crippen LogP contribution in [0.1, 0.15) is 51.1 Å². The molecule has 232 valence electrons. The van der Waals surface area contributed by atoms with Crippen LogP contribution in [0.3, 0.4) is 0 Å². The Morgan fingerprint density at radius 3 is 2.35 bits per heavy atom. The number of methoxy groups -OCH3 is 1. The lowest BCUT2D eigenvalue weighted by atomic mass is 9.93. The molecule has 0 radical (unpaired) electrons. The maximum Gasteiger partial charge on any atom is 0.153 e. The van der Waals surface area contributed by atoms with Crippen LogP contribution in [0.25, 0.3) is 22.2 Å². The van der Waals surface area contributed by atoms with Gasteiger partial charge in [0.25, 0.3) is 0 Å². The van der Waals surface area contributed by atoms with Gasteiger partial charge in [0.05, 0.1) is 24.6 Å². The number of ether oxygens (including phenoxy) is 1. The molecule has 3 N–H and O–H groups in total. The Balaban J connectivity index is 1.27. The first kappa shape index (κ1) is 29.8. The average molecular weight is 589 g/mol. The van der Waals surface area contributed by atoms with Crippen molar-refractivity contribution in [2.24, 2.45) is 0 Å². The minimum Gasteiger partial charge on any atom is -0.495 e. The van der Waals surface area contributed by atoms with Crippen molar-refractivity contribution in [3.05, 3.63) is 30.1 Å². The van der Waals surface area contributed by atoms with Gasteiger partial charge < -0.3 is 30.3 Å². The van der Waals surface area contributed by atoms with Crippen molar-refractivity contribution in [1.29, 1.82) is 0 Å². The van der Waals surface area contributed by atoms with Crippen LogP contribution in [-0.4, -0.2) is 109 Å². The number of likely N-dealkylation sites (N-methyl/N-ethyl adjacent to an activating group) is 1. The van der Waals surface area contributed by atoms with Gasteiger partial charge in [-0.3, -0.25) is 4.90 Å². The lowest BCUT2D eigenvalue weighted by molar-refractivity contribution is 0.0981. The van der Waals surface area contributed by atoms with E-state index in [-0.39, 0.29) is 12.1 Å². The summed E-state index contributed by atoms with van der Waals surface area (Å²) in [4.78, 5) is 22.6. The van der Waals surface area contributed by atoms with Crippen LogP contribution in [0.15, 0.2) is 24.4 Å². The van der Waals surface area contributed by atoms with Crippen LogP contribution in [0.2, 0.25) is 0 Å². The van der Waals surface area contributed by atoms with Crippen LogP contribution < -0.4 is 20.3 Å². The van der Waals surface area contributed by atoms with E-state index in [4.69, 9.17) is 19.7 Å². The standard InChI is InChI=1S/C33H48N8O2/c1-5-27-32(36-23-7-9-25(42)10-8-23)38-30-26(21-35-33(34-2)31(30)37-27)22-6-11-28(29(20-22)43-4)41-14-12-24(13-15-41)40-18-16-39(3)17-19-40/h6,11,20-21,23-25,42H,5,7-10,12-19H2,1-4H3,(H,34,35)(H,36,38). The fraction of sp³-hybridized carbons (Fsp3) is 0.606. The van der Waals surface area contributed by atoms with Crippen molar-refractivity contribution in [2.45, 2.75) is 70.1 Å². The van der Waals surface area contributed by atoms with Crippen LogP contribution in [-0.2, 0) is 6.42 Å². The molecule has 2 aliphatic heterocycles. The van der Waals surface area contributed by atoms with Gasteiger partial charge in [0.2, 0.25) is 0 Å². The molecule has 4 heterocycles. The van der Waals surface area contributed by atoms with Crippen molar-refractivity contribution in [2.75, 3.05) is 76.0 Å². The zero-order valence-corrected chi connectivity index (χ0v) is 26.3. The summed E-state index contributed by atoms with van der Waals surface area (Å²) in [5.74, 6) is 2.43. The molecule has 0 unspecified atom stereocenters. The third-order valence-electron chi connectivity index (χ3n) is 9.73. The van der Waals surface area contributed by atoms with E-state index in [2.05, 4.69) is 57.5 Å². The van der Waals surface area contributed by atoms with E-state index in [0.717, 1.165) is 96.1 Å². The summed E-state index contributed by atoms with van der Waals surface area (Å²) in [6.07, 6.45) is 8.33. The van der Waals surface area contributed by atoms with Gasteiger partial charge in [-0.15, -0.1) is 0 Å². The number of aryl methyl sites for hydroxylation is 1. The highest BCUT2D eigenvalue weighted by molar-refractivity contribution is 5.98. The number of nitrogens with zero attached hydrogens (tertiary/aromatic N) is 6. The van der Waals surface area contributed by atoms with Gasteiger partial charge in [-0.2, -0.15) is 0 Å². The number of aliphatic hydroxyl groups excluding tert-OH is 1. The SMILES string of the molecule is CCc1nc2c(NC)ncc(-c3ccc(N4CCC(N5CCN(C)CC5)CC4)c(OC)c3)c2nc1NC1CCC(O)CC1. The summed E-state index contributed by atoms with van der Waals surface area (Å²) in [5, 5.41) is 16.9. The quantitative estimate of drug-likeness (QED) is 0.354. The first-order valence-corrected chi connectivity index (χ1v) is 16.1.